The number of rotatable bonds is 7. The van der Waals surface area contributed by atoms with E-state index in [0.717, 1.165) is 24.9 Å². The monoisotopic (exact) mass is 353 g/mol. The molecule has 1 aromatic carbocycles. The summed E-state index contributed by atoms with van der Waals surface area (Å²) < 4.78 is 1.29. The fraction of sp³-hybridized carbons (Fsp3) is 0.368. The highest BCUT2D eigenvalue weighted by atomic mass is 16.1. The van der Waals surface area contributed by atoms with E-state index in [2.05, 4.69) is 27.3 Å². The van der Waals surface area contributed by atoms with Crippen molar-refractivity contribution >= 4 is 17.4 Å². The molecular formula is C19H23N5O2. The van der Waals surface area contributed by atoms with Crippen LogP contribution in [0.3, 0.4) is 0 Å². The zero-order valence-corrected chi connectivity index (χ0v) is 15.1. The van der Waals surface area contributed by atoms with Crippen molar-refractivity contribution < 1.29 is 4.79 Å². The van der Waals surface area contributed by atoms with Gasteiger partial charge in [0.15, 0.2) is 0 Å². The molecule has 0 saturated carbocycles. The van der Waals surface area contributed by atoms with Crippen LogP contribution in [-0.4, -0.2) is 25.5 Å². The predicted molar refractivity (Wildman–Crippen MR) is 100 cm³/mol. The fourth-order valence-electron chi connectivity index (χ4n) is 2.88. The number of carbonyl (C=O) groups excluding carboxylic acids is 1. The van der Waals surface area contributed by atoms with E-state index in [0.29, 0.717) is 23.5 Å². The van der Waals surface area contributed by atoms with Gasteiger partial charge < -0.3 is 5.32 Å². The SMILES string of the molecule is CCCCc1ccc(NC(=O)CCc2c(C)nc3nc[nH]n3c2=O)cc1. The van der Waals surface area contributed by atoms with Crippen LogP contribution in [0.2, 0.25) is 0 Å². The number of hydrogen-bond acceptors (Lipinski definition) is 4. The Bertz CT molecular complexity index is 956. The smallest absolute Gasteiger partial charge is 0.277 e. The van der Waals surface area contributed by atoms with Crippen LogP contribution >= 0.6 is 0 Å². The van der Waals surface area contributed by atoms with E-state index < -0.39 is 0 Å². The summed E-state index contributed by atoms with van der Waals surface area (Å²) in [5.41, 5.74) is 2.96. The van der Waals surface area contributed by atoms with Gasteiger partial charge in [0, 0.05) is 17.7 Å². The summed E-state index contributed by atoms with van der Waals surface area (Å²) in [6.07, 6.45) is 5.35. The number of aromatic amines is 1. The Morgan fingerprint density at radius 2 is 2.00 bits per heavy atom. The molecule has 1 amide bonds. The lowest BCUT2D eigenvalue weighted by molar-refractivity contribution is -0.116. The minimum Gasteiger partial charge on any atom is -0.326 e. The van der Waals surface area contributed by atoms with Crippen LogP contribution in [-0.2, 0) is 17.6 Å². The van der Waals surface area contributed by atoms with Crippen molar-refractivity contribution in [2.45, 2.75) is 46.0 Å². The average Bonchev–Trinajstić information content (AvgIpc) is 3.09. The number of aromatic nitrogens is 4. The molecule has 0 aliphatic rings. The molecule has 0 bridgehead atoms. The van der Waals surface area contributed by atoms with Gasteiger partial charge >= 0.3 is 0 Å². The molecule has 2 N–H and O–H groups in total. The number of aryl methyl sites for hydroxylation is 2. The maximum Gasteiger partial charge on any atom is 0.277 e. The molecule has 0 fully saturated rings. The van der Waals surface area contributed by atoms with Crippen LogP contribution in [0.15, 0.2) is 35.4 Å². The second-order valence-electron chi connectivity index (χ2n) is 6.35. The molecule has 0 unspecified atom stereocenters. The number of anilines is 1. The van der Waals surface area contributed by atoms with E-state index in [1.807, 2.05) is 24.3 Å². The third-order valence-corrected chi connectivity index (χ3v) is 4.39. The summed E-state index contributed by atoms with van der Waals surface area (Å²) >= 11 is 0. The van der Waals surface area contributed by atoms with Crippen LogP contribution < -0.4 is 10.9 Å². The number of hydrogen-bond donors (Lipinski definition) is 2. The number of amides is 1. The molecule has 0 atom stereocenters. The second kappa shape index (κ2) is 7.95. The molecule has 3 aromatic rings. The molecule has 0 aliphatic heterocycles. The standard InChI is InChI=1S/C19H23N5O2/c1-3-4-5-14-6-8-15(9-7-14)23-17(25)11-10-16-13(2)22-19-20-12-21-24(19)18(16)26/h6-9,12H,3-5,10-11H2,1-2H3,(H,23,25)(H,20,21,22). The Kier molecular flexibility index (Phi) is 5.46. The Morgan fingerprint density at radius 3 is 2.73 bits per heavy atom. The van der Waals surface area contributed by atoms with Gasteiger partial charge in [-0.05, 0) is 43.9 Å². The molecule has 3 rings (SSSR count). The first-order valence-corrected chi connectivity index (χ1v) is 8.89. The van der Waals surface area contributed by atoms with Crippen LogP contribution in [0.1, 0.15) is 43.0 Å². The second-order valence-corrected chi connectivity index (χ2v) is 6.35. The molecule has 26 heavy (non-hydrogen) atoms. The van der Waals surface area contributed by atoms with Crippen LogP contribution in [0, 0.1) is 6.92 Å². The molecule has 7 heteroatoms. The number of carbonyl (C=O) groups is 1. The molecule has 136 valence electrons. The third kappa shape index (κ3) is 3.99. The van der Waals surface area contributed by atoms with E-state index in [-0.39, 0.29) is 17.9 Å². The van der Waals surface area contributed by atoms with Crippen LogP contribution in [0.25, 0.3) is 5.78 Å². The quantitative estimate of drug-likeness (QED) is 0.683. The van der Waals surface area contributed by atoms with Gasteiger partial charge in [0.2, 0.25) is 5.91 Å². The molecular weight excluding hydrogens is 330 g/mol. The summed E-state index contributed by atoms with van der Waals surface area (Å²) in [7, 11) is 0. The lowest BCUT2D eigenvalue weighted by atomic mass is 10.1. The van der Waals surface area contributed by atoms with Gasteiger partial charge in [0.1, 0.15) is 6.33 Å². The van der Waals surface area contributed by atoms with E-state index in [1.165, 1.54) is 16.4 Å². The van der Waals surface area contributed by atoms with Gasteiger partial charge in [-0.2, -0.15) is 4.52 Å². The van der Waals surface area contributed by atoms with Gasteiger partial charge in [-0.25, -0.2) is 9.97 Å². The largest absolute Gasteiger partial charge is 0.326 e. The molecule has 0 saturated heterocycles. The van der Waals surface area contributed by atoms with Crippen molar-refractivity contribution in [3.8, 4) is 0 Å². The fourth-order valence-corrected chi connectivity index (χ4v) is 2.88. The highest BCUT2D eigenvalue weighted by Gasteiger charge is 2.13. The van der Waals surface area contributed by atoms with Gasteiger partial charge in [-0.3, -0.25) is 14.7 Å². The van der Waals surface area contributed by atoms with Crippen molar-refractivity contribution in [3.05, 3.63) is 57.8 Å². The minimum atomic E-state index is -0.210. The van der Waals surface area contributed by atoms with Crippen molar-refractivity contribution in [1.82, 2.24) is 19.6 Å². The molecule has 0 aliphatic carbocycles. The lowest BCUT2D eigenvalue weighted by Gasteiger charge is -2.08. The van der Waals surface area contributed by atoms with Gasteiger partial charge in [0.05, 0.1) is 5.69 Å². The van der Waals surface area contributed by atoms with Gasteiger partial charge in [0.25, 0.3) is 11.3 Å². The number of fused-ring (bicyclic) bond motifs is 1. The Morgan fingerprint density at radius 1 is 1.23 bits per heavy atom. The first-order chi connectivity index (χ1) is 12.6. The van der Waals surface area contributed by atoms with E-state index >= 15 is 0 Å². The molecule has 0 spiro atoms. The van der Waals surface area contributed by atoms with Gasteiger partial charge in [-0.1, -0.05) is 25.5 Å². The summed E-state index contributed by atoms with van der Waals surface area (Å²) in [6.45, 7) is 3.93. The zero-order chi connectivity index (χ0) is 18.5. The first kappa shape index (κ1) is 17.8. The number of nitrogens with zero attached hydrogens (tertiary/aromatic N) is 3. The highest BCUT2D eigenvalue weighted by Crippen LogP contribution is 2.13. The van der Waals surface area contributed by atoms with Crippen LogP contribution in [0.4, 0.5) is 5.69 Å². The highest BCUT2D eigenvalue weighted by molar-refractivity contribution is 5.90. The van der Waals surface area contributed by atoms with Crippen molar-refractivity contribution in [3.63, 3.8) is 0 Å². The maximum atomic E-state index is 12.4. The summed E-state index contributed by atoms with van der Waals surface area (Å²) in [5.74, 6) is 0.212. The average molecular weight is 353 g/mol. The summed E-state index contributed by atoms with van der Waals surface area (Å²) in [4.78, 5) is 32.9. The number of benzene rings is 1. The maximum absolute atomic E-state index is 12.4. The van der Waals surface area contributed by atoms with Crippen molar-refractivity contribution in [1.29, 1.82) is 0 Å². The summed E-state index contributed by atoms with van der Waals surface area (Å²) in [5, 5.41) is 5.61. The van der Waals surface area contributed by atoms with E-state index in [9.17, 15) is 9.59 Å². The van der Waals surface area contributed by atoms with Crippen molar-refractivity contribution in [2.24, 2.45) is 0 Å². The van der Waals surface area contributed by atoms with E-state index in [1.54, 1.807) is 6.92 Å². The Hall–Kier alpha value is -2.96. The Balaban J connectivity index is 1.61. The number of H-pyrrole nitrogens is 1. The lowest BCUT2D eigenvalue weighted by Crippen LogP contribution is -2.23. The minimum absolute atomic E-state index is 0.125. The molecule has 2 heterocycles. The van der Waals surface area contributed by atoms with Gasteiger partial charge in [-0.15, -0.1) is 0 Å². The Labute approximate surface area is 151 Å². The number of nitrogens with one attached hydrogen (secondary N) is 2. The zero-order valence-electron chi connectivity index (χ0n) is 15.1. The normalized spacial score (nSPS) is 11.0. The van der Waals surface area contributed by atoms with Crippen LogP contribution in [0.5, 0.6) is 0 Å². The summed E-state index contributed by atoms with van der Waals surface area (Å²) in [6, 6.07) is 7.91. The third-order valence-electron chi connectivity index (χ3n) is 4.39. The number of unbranched alkanes of at least 4 members (excludes halogenated alkanes) is 1. The molecule has 0 radical (unpaired) electrons. The van der Waals surface area contributed by atoms with E-state index in [4.69, 9.17) is 0 Å². The molecule has 2 aromatic heterocycles. The predicted octanol–water partition coefficient (Wildman–Crippen LogP) is 2.64. The first-order valence-electron chi connectivity index (χ1n) is 8.89. The topological polar surface area (TPSA) is 92.2 Å². The van der Waals surface area contributed by atoms with Crippen molar-refractivity contribution in [2.75, 3.05) is 5.32 Å². The molecule has 7 nitrogen and oxygen atoms in total.